The lowest BCUT2D eigenvalue weighted by molar-refractivity contribution is 0.182. The van der Waals surface area contributed by atoms with Gasteiger partial charge in [-0.15, -0.1) is 0 Å². The zero-order valence-electron chi connectivity index (χ0n) is 14.6. The smallest absolute Gasteiger partial charge is 0.122 e. The number of aliphatic hydroxyl groups excluding tert-OH is 1. The Kier molecular flexibility index (Phi) is 5.99. The lowest BCUT2D eigenvalue weighted by atomic mass is 9.96. The van der Waals surface area contributed by atoms with Crippen LogP contribution in [0, 0.1) is 0 Å². The number of aliphatic hydroxyl groups is 1. The standard InChI is InChI=1S/C21H25N3O/c1-23-15-13-22-20(23)17-24(14-8-16-25)21(18-9-4-2-5-10-18)19-11-6-3-7-12-19/h2-7,9-13,15,21,25H,8,14,16-17H2,1H3. The first-order valence-corrected chi connectivity index (χ1v) is 8.70. The summed E-state index contributed by atoms with van der Waals surface area (Å²) in [6, 6.07) is 21.2. The second-order valence-electron chi connectivity index (χ2n) is 6.23. The molecule has 0 saturated heterocycles. The quantitative estimate of drug-likeness (QED) is 0.686. The van der Waals surface area contributed by atoms with Gasteiger partial charge in [-0.3, -0.25) is 4.90 Å². The van der Waals surface area contributed by atoms with Crippen molar-refractivity contribution in [3.05, 3.63) is 90.0 Å². The monoisotopic (exact) mass is 335 g/mol. The Labute approximate surface area is 149 Å². The summed E-state index contributed by atoms with van der Waals surface area (Å²) in [5, 5.41) is 9.37. The predicted molar refractivity (Wildman–Crippen MR) is 100 cm³/mol. The molecule has 130 valence electrons. The highest BCUT2D eigenvalue weighted by Gasteiger charge is 2.23. The maximum absolute atomic E-state index is 9.37. The van der Waals surface area contributed by atoms with E-state index in [-0.39, 0.29) is 12.6 Å². The maximum Gasteiger partial charge on any atom is 0.122 e. The van der Waals surface area contributed by atoms with E-state index in [0.717, 1.165) is 25.3 Å². The van der Waals surface area contributed by atoms with Crippen LogP contribution in [0.1, 0.15) is 29.4 Å². The maximum atomic E-state index is 9.37. The van der Waals surface area contributed by atoms with Crippen LogP contribution in [-0.2, 0) is 13.6 Å². The lowest BCUT2D eigenvalue weighted by Crippen LogP contribution is -2.31. The number of hydrogen-bond donors (Lipinski definition) is 1. The molecule has 0 aliphatic heterocycles. The molecule has 4 nitrogen and oxygen atoms in total. The second-order valence-corrected chi connectivity index (χ2v) is 6.23. The average molecular weight is 335 g/mol. The van der Waals surface area contributed by atoms with E-state index in [1.807, 2.05) is 31.6 Å². The molecule has 0 fully saturated rings. The third-order valence-corrected chi connectivity index (χ3v) is 4.46. The number of aromatic nitrogens is 2. The van der Waals surface area contributed by atoms with Crippen molar-refractivity contribution in [1.29, 1.82) is 0 Å². The SMILES string of the molecule is Cn1ccnc1CN(CCCO)C(c1ccccc1)c1ccccc1. The summed E-state index contributed by atoms with van der Waals surface area (Å²) in [6.45, 7) is 1.73. The van der Waals surface area contributed by atoms with Crippen LogP contribution in [0.2, 0.25) is 0 Å². The second kappa shape index (κ2) is 8.60. The Balaban J connectivity index is 1.98. The van der Waals surface area contributed by atoms with Gasteiger partial charge in [0.15, 0.2) is 0 Å². The van der Waals surface area contributed by atoms with Gasteiger partial charge < -0.3 is 9.67 Å². The number of hydrogen-bond acceptors (Lipinski definition) is 3. The number of rotatable bonds is 8. The van der Waals surface area contributed by atoms with Crippen molar-refractivity contribution in [3.63, 3.8) is 0 Å². The summed E-state index contributed by atoms with van der Waals surface area (Å²) >= 11 is 0. The van der Waals surface area contributed by atoms with Gasteiger partial charge >= 0.3 is 0 Å². The first kappa shape index (κ1) is 17.4. The van der Waals surface area contributed by atoms with Crippen LogP contribution in [0.15, 0.2) is 73.1 Å². The van der Waals surface area contributed by atoms with E-state index in [2.05, 4.69) is 63.0 Å². The van der Waals surface area contributed by atoms with Crippen molar-refractivity contribution >= 4 is 0 Å². The number of benzene rings is 2. The molecule has 0 bridgehead atoms. The highest BCUT2D eigenvalue weighted by Crippen LogP contribution is 2.29. The Morgan fingerprint density at radius 2 is 1.60 bits per heavy atom. The highest BCUT2D eigenvalue weighted by atomic mass is 16.3. The zero-order chi connectivity index (χ0) is 17.5. The molecule has 0 aliphatic rings. The van der Waals surface area contributed by atoms with E-state index in [9.17, 15) is 5.11 Å². The molecule has 3 rings (SSSR count). The van der Waals surface area contributed by atoms with Crippen molar-refractivity contribution in [1.82, 2.24) is 14.5 Å². The molecule has 0 unspecified atom stereocenters. The van der Waals surface area contributed by atoms with Gasteiger partial charge in [0.05, 0.1) is 12.6 Å². The topological polar surface area (TPSA) is 41.3 Å². The molecule has 1 aromatic heterocycles. The van der Waals surface area contributed by atoms with Crippen molar-refractivity contribution in [3.8, 4) is 0 Å². The highest BCUT2D eigenvalue weighted by molar-refractivity contribution is 5.31. The van der Waals surface area contributed by atoms with Crippen molar-refractivity contribution in [2.45, 2.75) is 19.0 Å². The van der Waals surface area contributed by atoms with Gasteiger partial charge in [-0.2, -0.15) is 0 Å². The Morgan fingerprint density at radius 1 is 1.00 bits per heavy atom. The van der Waals surface area contributed by atoms with E-state index in [1.165, 1.54) is 11.1 Å². The number of aryl methyl sites for hydroxylation is 1. The molecule has 25 heavy (non-hydrogen) atoms. The van der Waals surface area contributed by atoms with Crippen molar-refractivity contribution in [2.75, 3.05) is 13.2 Å². The van der Waals surface area contributed by atoms with Crippen molar-refractivity contribution < 1.29 is 5.11 Å². The van der Waals surface area contributed by atoms with Crippen LogP contribution < -0.4 is 0 Å². The summed E-state index contributed by atoms with van der Waals surface area (Å²) in [5.41, 5.74) is 2.50. The van der Waals surface area contributed by atoms with Crippen LogP contribution in [-0.4, -0.2) is 32.7 Å². The molecule has 3 aromatic rings. The molecule has 4 heteroatoms. The van der Waals surface area contributed by atoms with Gasteiger partial charge in [-0.1, -0.05) is 60.7 Å². The van der Waals surface area contributed by atoms with E-state index in [1.54, 1.807) is 0 Å². The third-order valence-electron chi connectivity index (χ3n) is 4.46. The summed E-state index contributed by atoms with van der Waals surface area (Å²) in [6.07, 6.45) is 4.54. The minimum atomic E-state index is 0.130. The van der Waals surface area contributed by atoms with Gasteiger partial charge in [0.25, 0.3) is 0 Å². The largest absolute Gasteiger partial charge is 0.396 e. The number of nitrogens with zero attached hydrogens (tertiary/aromatic N) is 3. The van der Waals surface area contributed by atoms with Crippen LogP contribution in [0.25, 0.3) is 0 Å². The molecule has 1 heterocycles. The summed E-state index contributed by atoms with van der Waals surface area (Å²) < 4.78 is 2.05. The molecule has 1 N–H and O–H groups in total. The minimum absolute atomic E-state index is 0.130. The predicted octanol–water partition coefficient (Wildman–Crippen LogP) is 3.39. The summed E-state index contributed by atoms with van der Waals surface area (Å²) in [7, 11) is 2.02. The van der Waals surface area contributed by atoms with E-state index >= 15 is 0 Å². The Hall–Kier alpha value is -2.43. The van der Waals surface area contributed by atoms with Crippen LogP contribution in [0.3, 0.4) is 0 Å². The van der Waals surface area contributed by atoms with Crippen LogP contribution in [0.5, 0.6) is 0 Å². The average Bonchev–Trinajstić information content (AvgIpc) is 3.06. The molecule has 0 amide bonds. The van der Waals surface area contributed by atoms with Crippen LogP contribution in [0.4, 0.5) is 0 Å². The normalized spacial score (nSPS) is 11.4. The first-order valence-electron chi connectivity index (χ1n) is 8.70. The fourth-order valence-electron chi connectivity index (χ4n) is 3.19. The first-order chi connectivity index (χ1) is 12.3. The van der Waals surface area contributed by atoms with E-state index in [0.29, 0.717) is 0 Å². The Morgan fingerprint density at radius 3 is 2.08 bits per heavy atom. The summed E-state index contributed by atoms with van der Waals surface area (Å²) in [5.74, 6) is 1.02. The van der Waals surface area contributed by atoms with Gasteiger partial charge in [-0.25, -0.2) is 4.98 Å². The van der Waals surface area contributed by atoms with E-state index in [4.69, 9.17) is 0 Å². The third kappa shape index (κ3) is 4.35. The fourth-order valence-corrected chi connectivity index (χ4v) is 3.19. The molecule has 0 radical (unpaired) electrons. The van der Waals surface area contributed by atoms with E-state index < -0.39 is 0 Å². The van der Waals surface area contributed by atoms with Gasteiger partial charge in [0.2, 0.25) is 0 Å². The molecule has 0 saturated carbocycles. The molecule has 0 atom stereocenters. The van der Waals surface area contributed by atoms with Gasteiger partial charge in [0, 0.05) is 32.6 Å². The fraction of sp³-hybridized carbons (Fsp3) is 0.286. The molecular weight excluding hydrogens is 310 g/mol. The van der Waals surface area contributed by atoms with Crippen LogP contribution >= 0.6 is 0 Å². The minimum Gasteiger partial charge on any atom is -0.396 e. The zero-order valence-corrected chi connectivity index (χ0v) is 14.6. The Bertz CT molecular complexity index is 716. The molecule has 2 aromatic carbocycles. The molecule has 0 spiro atoms. The van der Waals surface area contributed by atoms with Crippen molar-refractivity contribution in [2.24, 2.45) is 7.05 Å². The lowest BCUT2D eigenvalue weighted by Gasteiger charge is -2.32. The molecular formula is C21H25N3O. The summed E-state index contributed by atoms with van der Waals surface area (Å²) in [4.78, 5) is 6.88. The number of imidazole rings is 1. The van der Waals surface area contributed by atoms with Gasteiger partial charge in [0.1, 0.15) is 5.82 Å². The molecule has 0 aliphatic carbocycles. The van der Waals surface area contributed by atoms with Gasteiger partial charge in [-0.05, 0) is 17.5 Å².